The molecule has 31 heavy (non-hydrogen) atoms. The smallest absolute Gasteiger partial charge is 0.159 e. The van der Waals surface area contributed by atoms with Gasteiger partial charge in [0.05, 0.1) is 34.9 Å². The predicted octanol–water partition coefficient (Wildman–Crippen LogP) is 2.41. The number of anilines is 2. The Kier molecular flexibility index (Phi) is 5.25. The average molecular weight is 421 g/mol. The van der Waals surface area contributed by atoms with Crippen LogP contribution in [-0.4, -0.2) is 64.0 Å². The second-order valence-corrected chi connectivity index (χ2v) is 9.04. The molecule has 0 radical (unpaired) electrons. The Labute approximate surface area is 183 Å². The van der Waals surface area contributed by atoms with Gasteiger partial charge in [-0.3, -0.25) is 9.67 Å². The molecule has 2 fully saturated rings. The second-order valence-electron chi connectivity index (χ2n) is 9.04. The van der Waals surface area contributed by atoms with E-state index < -0.39 is 0 Å². The molecule has 8 nitrogen and oxygen atoms in total. The Hall–Kier alpha value is -2.74. The molecular weight excluding hydrogens is 388 g/mol. The lowest BCUT2D eigenvalue weighted by molar-refractivity contribution is 0.375. The van der Waals surface area contributed by atoms with Crippen molar-refractivity contribution < 1.29 is 0 Å². The summed E-state index contributed by atoms with van der Waals surface area (Å²) in [6, 6.07) is 2.20. The van der Waals surface area contributed by atoms with Gasteiger partial charge in [0, 0.05) is 57.9 Å². The standard InChI is InChI=1S/C23H32N8/c1-15-14-31(20-11-16(2)27-23-19(20)12-26-29(23)4)8-5-18(15)22-17(3)28-21(13-25-22)30-9-6-24-7-10-30/h11-13,15,18,24H,5-10,14H2,1-4H3/t15-,18+/m1/s1. The van der Waals surface area contributed by atoms with Crippen molar-refractivity contribution in [3.8, 4) is 0 Å². The van der Waals surface area contributed by atoms with Crippen LogP contribution in [0, 0.1) is 19.8 Å². The Morgan fingerprint density at radius 2 is 1.84 bits per heavy atom. The molecule has 0 amide bonds. The number of piperidine rings is 1. The van der Waals surface area contributed by atoms with Crippen LogP contribution in [0.1, 0.15) is 36.3 Å². The molecule has 0 unspecified atom stereocenters. The summed E-state index contributed by atoms with van der Waals surface area (Å²) in [7, 11) is 1.96. The van der Waals surface area contributed by atoms with Crippen molar-refractivity contribution >= 4 is 22.5 Å². The molecule has 0 saturated carbocycles. The number of hydrogen-bond donors (Lipinski definition) is 1. The van der Waals surface area contributed by atoms with Gasteiger partial charge in [-0.1, -0.05) is 6.92 Å². The Morgan fingerprint density at radius 3 is 2.58 bits per heavy atom. The van der Waals surface area contributed by atoms with Gasteiger partial charge in [0.15, 0.2) is 5.65 Å². The van der Waals surface area contributed by atoms with E-state index in [9.17, 15) is 0 Å². The minimum Gasteiger partial charge on any atom is -0.371 e. The van der Waals surface area contributed by atoms with E-state index >= 15 is 0 Å². The summed E-state index contributed by atoms with van der Waals surface area (Å²) in [5.41, 5.74) is 5.48. The third-order valence-electron chi connectivity index (χ3n) is 6.82. The Balaban J connectivity index is 1.36. The summed E-state index contributed by atoms with van der Waals surface area (Å²) in [6.45, 7) is 12.5. The fourth-order valence-corrected chi connectivity index (χ4v) is 5.14. The molecule has 3 aromatic rings. The van der Waals surface area contributed by atoms with Gasteiger partial charge >= 0.3 is 0 Å². The number of aromatic nitrogens is 5. The van der Waals surface area contributed by atoms with Crippen LogP contribution in [-0.2, 0) is 7.05 Å². The van der Waals surface area contributed by atoms with Gasteiger partial charge in [-0.25, -0.2) is 9.97 Å². The van der Waals surface area contributed by atoms with Crippen molar-refractivity contribution in [2.45, 2.75) is 33.1 Å². The van der Waals surface area contributed by atoms with Crippen molar-refractivity contribution in [1.29, 1.82) is 0 Å². The first-order valence-corrected chi connectivity index (χ1v) is 11.3. The molecule has 2 saturated heterocycles. The molecule has 1 N–H and O–H groups in total. The number of nitrogens with zero attached hydrogens (tertiary/aromatic N) is 7. The quantitative estimate of drug-likeness (QED) is 0.697. The molecule has 8 heteroatoms. The predicted molar refractivity (Wildman–Crippen MR) is 124 cm³/mol. The van der Waals surface area contributed by atoms with Crippen LogP contribution in [0.3, 0.4) is 0 Å². The lowest BCUT2D eigenvalue weighted by Gasteiger charge is -2.38. The minimum atomic E-state index is 0.438. The lowest BCUT2D eigenvalue weighted by Crippen LogP contribution is -2.44. The van der Waals surface area contributed by atoms with Gasteiger partial charge < -0.3 is 15.1 Å². The SMILES string of the molecule is Cc1cc(N2CC[C@H](c3ncc(N4CCNCC4)nc3C)[C@H](C)C2)c2cnn(C)c2n1. The van der Waals surface area contributed by atoms with Crippen LogP contribution in [0.15, 0.2) is 18.5 Å². The van der Waals surface area contributed by atoms with Gasteiger partial charge in [-0.15, -0.1) is 0 Å². The Morgan fingerprint density at radius 1 is 1.03 bits per heavy atom. The highest BCUT2D eigenvalue weighted by molar-refractivity contribution is 5.89. The normalized spacial score (nSPS) is 22.3. The van der Waals surface area contributed by atoms with E-state index in [-0.39, 0.29) is 0 Å². The Bertz CT molecular complexity index is 1080. The van der Waals surface area contributed by atoms with Crippen molar-refractivity contribution in [3.63, 3.8) is 0 Å². The van der Waals surface area contributed by atoms with Crippen molar-refractivity contribution in [2.24, 2.45) is 13.0 Å². The molecule has 0 spiro atoms. The van der Waals surface area contributed by atoms with Crippen LogP contribution < -0.4 is 15.1 Å². The van der Waals surface area contributed by atoms with E-state index in [1.54, 1.807) is 0 Å². The summed E-state index contributed by atoms with van der Waals surface area (Å²) >= 11 is 0. The topological polar surface area (TPSA) is 75.0 Å². The first-order chi connectivity index (χ1) is 15.0. The summed E-state index contributed by atoms with van der Waals surface area (Å²) < 4.78 is 1.86. The van der Waals surface area contributed by atoms with Gasteiger partial charge in [0.1, 0.15) is 5.82 Å². The van der Waals surface area contributed by atoms with E-state index in [1.165, 1.54) is 11.4 Å². The number of nitrogens with one attached hydrogen (secondary N) is 1. The third kappa shape index (κ3) is 3.73. The summed E-state index contributed by atoms with van der Waals surface area (Å²) in [6.07, 6.45) is 5.00. The molecule has 0 aliphatic carbocycles. The first-order valence-electron chi connectivity index (χ1n) is 11.3. The number of piperazine rings is 1. The monoisotopic (exact) mass is 420 g/mol. The van der Waals surface area contributed by atoms with Crippen molar-refractivity contribution in [2.75, 3.05) is 49.1 Å². The van der Waals surface area contributed by atoms with Crippen molar-refractivity contribution in [3.05, 3.63) is 35.5 Å². The van der Waals surface area contributed by atoms with E-state index in [0.29, 0.717) is 11.8 Å². The minimum absolute atomic E-state index is 0.438. The van der Waals surface area contributed by atoms with Crippen LogP contribution in [0.2, 0.25) is 0 Å². The van der Waals surface area contributed by atoms with Crippen LogP contribution in [0.4, 0.5) is 11.5 Å². The van der Waals surface area contributed by atoms with Gasteiger partial charge in [0.25, 0.3) is 0 Å². The molecule has 0 aromatic carbocycles. The second kappa shape index (κ2) is 8.07. The van der Waals surface area contributed by atoms with E-state index in [0.717, 1.165) is 73.9 Å². The first kappa shape index (κ1) is 20.2. The molecule has 5 heterocycles. The van der Waals surface area contributed by atoms with Crippen LogP contribution >= 0.6 is 0 Å². The number of aryl methyl sites for hydroxylation is 3. The van der Waals surface area contributed by atoms with Gasteiger partial charge in [-0.2, -0.15) is 5.10 Å². The van der Waals surface area contributed by atoms with E-state index in [4.69, 9.17) is 9.97 Å². The zero-order chi connectivity index (χ0) is 21.5. The third-order valence-corrected chi connectivity index (χ3v) is 6.82. The fourth-order valence-electron chi connectivity index (χ4n) is 5.14. The van der Waals surface area contributed by atoms with Crippen molar-refractivity contribution in [1.82, 2.24) is 30.0 Å². The summed E-state index contributed by atoms with van der Waals surface area (Å²) in [5, 5.41) is 8.97. The van der Waals surface area contributed by atoms with Gasteiger partial charge in [-0.05, 0) is 32.3 Å². The van der Waals surface area contributed by atoms with Gasteiger partial charge in [0.2, 0.25) is 0 Å². The highest BCUT2D eigenvalue weighted by Gasteiger charge is 2.31. The molecule has 5 rings (SSSR count). The largest absolute Gasteiger partial charge is 0.371 e. The molecule has 164 valence electrons. The summed E-state index contributed by atoms with van der Waals surface area (Å²) in [4.78, 5) is 19.4. The molecule has 0 bridgehead atoms. The highest BCUT2D eigenvalue weighted by atomic mass is 15.3. The van der Waals surface area contributed by atoms with Crippen LogP contribution in [0.5, 0.6) is 0 Å². The summed E-state index contributed by atoms with van der Waals surface area (Å²) in [5.74, 6) is 1.94. The molecular formula is C23H32N8. The molecule has 2 aliphatic rings. The molecule has 3 aromatic heterocycles. The van der Waals surface area contributed by atoms with E-state index in [2.05, 4.69) is 52.0 Å². The van der Waals surface area contributed by atoms with Crippen LogP contribution in [0.25, 0.3) is 11.0 Å². The molecule has 2 atom stereocenters. The zero-order valence-corrected chi connectivity index (χ0v) is 19.0. The number of pyridine rings is 1. The van der Waals surface area contributed by atoms with E-state index in [1.807, 2.05) is 24.1 Å². The number of fused-ring (bicyclic) bond motifs is 1. The number of hydrogen-bond acceptors (Lipinski definition) is 7. The maximum atomic E-state index is 4.94. The number of rotatable bonds is 3. The lowest BCUT2D eigenvalue weighted by atomic mass is 9.83. The average Bonchev–Trinajstić information content (AvgIpc) is 3.14. The molecule has 2 aliphatic heterocycles. The maximum Gasteiger partial charge on any atom is 0.159 e. The zero-order valence-electron chi connectivity index (χ0n) is 19.0. The fraction of sp³-hybridized carbons (Fsp3) is 0.565. The maximum absolute atomic E-state index is 4.94. The highest BCUT2D eigenvalue weighted by Crippen LogP contribution is 2.37.